The van der Waals surface area contributed by atoms with E-state index < -0.39 is 0 Å². The van der Waals surface area contributed by atoms with Gasteiger partial charge in [-0.05, 0) is 25.2 Å². The molecule has 8 heteroatoms. The maximum absolute atomic E-state index is 11.7. The SMILES string of the molecule is C=CCNC(=NCC(=O)N(C)C)NC1CCN(CC2CCOC2)CC1.I. The summed E-state index contributed by atoms with van der Waals surface area (Å²) < 4.78 is 5.47. The largest absolute Gasteiger partial charge is 0.381 e. The van der Waals surface area contributed by atoms with Crippen LogP contribution in [0.25, 0.3) is 0 Å². The zero-order valence-corrected chi connectivity index (χ0v) is 18.4. The summed E-state index contributed by atoms with van der Waals surface area (Å²) >= 11 is 0. The second-order valence-corrected chi connectivity index (χ2v) is 7.07. The van der Waals surface area contributed by atoms with Crippen molar-refractivity contribution in [2.45, 2.75) is 25.3 Å². The Morgan fingerprint density at radius 3 is 2.65 bits per heavy atom. The van der Waals surface area contributed by atoms with Crippen LogP contribution in [0.3, 0.4) is 0 Å². The highest BCUT2D eigenvalue weighted by molar-refractivity contribution is 14.0. The number of ether oxygens (including phenoxy) is 1. The van der Waals surface area contributed by atoms with Gasteiger partial charge in [0.25, 0.3) is 0 Å². The van der Waals surface area contributed by atoms with Crippen molar-refractivity contribution < 1.29 is 9.53 Å². The molecule has 1 amide bonds. The number of carbonyl (C=O) groups excluding carboxylic acids is 1. The Morgan fingerprint density at radius 1 is 1.35 bits per heavy atom. The van der Waals surface area contributed by atoms with E-state index >= 15 is 0 Å². The maximum Gasteiger partial charge on any atom is 0.243 e. The Bertz CT molecular complexity index is 458. The molecule has 2 aliphatic rings. The van der Waals surface area contributed by atoms with E-state index in [2.05, 4.69) is 27.1 Å². The zero-order valence-electron chi connectivity index (χ0n) is 16.1. The van der Waals surface area contributed by atoms with Gasteiger partial charge in [-0.15, -0.1) is 30.6 Å². The van der Waals surface area contributed by atoms with Crippen molar-refractivity contribution in [2.75, 3.05) is 60.0 Å². The van der Waals surface area contributed by atoms with Gasteiger partial charge in [0.2, 0.25) is 5.91 Å². The molecule has 1 atom stereocenters. The summed E-state index contributed by atoms with van der Waals surface area (Å²) in [5, 5.41) is 6.67. The van der Waals surface area contributed by atoms with E-state index in [4.69, 9.17) is 4.74 Å². The number of amides is 1. The van der Waals surface area contributed by atoms with E-state index in [-0.39, 0.29) is 36.4 Å². The third kappa shape index (κ3) is 8.22. The summed E-state index contributed by atoms with van der Waals surface area (Å²) in [5.41, 5.74) is 0. The molecule has 2 rings (SSSR count). The van der Waals surface area contributed by atoms with Crippen molar-refractivity contribution in [1.29, 1.82) is 0 Å². The average Bonchev–Trinajstić information content (AvgIpc) is 3.11. The minimum Gasteiger partial charge on any atom is -0.381 e. The van der Waals surface area contributed by atoms with Gasteiger partial charge in [-0.25, -0.2) is 4.99 Å². The fourth-order valence-electron chi connectivity index (χ4n) is 3.16. The van der Waals surface area contributed by atoms with Gasteiger partial charge in [0.15, 0.2) is 5.96 Å². The second kappa shape index (κ2) is 12.5. The smallest absolute Gasteiger partial charge is 0.243 e. The summed E-state index contributed by atoms with van der Waals surface area (Å²) in [6, 6.07) is 0.390. The highest BCUT2D eigenvalue weighted by Crippen LogP contribution is 2.17. The fraction of sp³-hybridized carbons (Fsp3) is 0.778. The van der Waals surface area contributed by atoms with Gasteiger partial charge in [-0.2, -0.15) is 0 Å². The van der Waals surface area contributed by atoms with Gasteiger partial charge in [0, 0.05) is 52.9 Å². The van der Waals surface area contributed by atoms with Crippen LogP contribution in [-0.4, -0.2) is 87.7 Å². The Labute approximate surface area is 174 Å². The Hall–Kier alpha value is -0.870. The third-order valence-corrected chi connectivity index (χ3v) is 4.75. The first-order valence-corrected chi connectivity index (χ1v) is 9.24. The van der Waals surface area contributed by atoms with Crippen molar-refractivity contribution in [1.82, 2.24) is 20.4 Å². The molecule has 1 unspecified atom stereocenters. The van der Waals surface area contributed by atoms with E-state index in [1.54, 1.807) is 25.1 Å². The molecule has 2 N–H and O–H groups in total. The zero-order chi connectivity index (χ0) is 18.1. The average molecular weight is 479 g/mol. The highest BCUT2D eigenvalue weighted by atomic mass is 127. The molecule has 2 heterocycles. The van der Waals surface area contributed by atoms with E-state index in [1.165, 1.54) is 6.42 Å². The van der Waals surface area contributed by atoms with Crippen LogP contribution < -0.4 is 10.6 Å². The molecule has 0 aromatic heterocycles. The van der Waals surface area contributed by atoms with E-state index in [0.29, 0.717) is 24.5 Å². The standard InChI is InChI=1S/C18H33N5O2.HI/c1-4-8-19-18(20-12-17(24)22(2)3)21-16-5-9-23(10-6-16)13-15-7-11-25-14-15;/h4,15-16H,1,5-14H2,2-3H3,(H2,19,20,21);1H. The number of piperidine rings is 1. The van der Waals surface area contributed by atoms with Crippen LogP contribution in [0.15, 0.2) is 17.6 Å². The minimum absolute atomic E-state index is 0. The molecule has 0 bridgehead atoms. The van der Waals surface area contributed by atoms with Crippen molar-refractivity contribution in [2.24, 2.45) is 10.9 Å². The van der Waals surface area contributed by atoms with Gasteiger partial charge < -0.3 is 25.2 Å². The predicted octanol–water partition coefficient (Wildman–Crippen LogP) is 0.915. The van der Waals surface area contributed by atoms with Crippen LogP contribution in [-0.2, 0) is 9.53 Å². The van der Waals surface area contributed by atoms with Crippen LogP contribution >= 0.6 is 24.0 Å². The summed E-state index contributed by atoms with van der Waals surface area (Å²) in [6.07, 6.45) is 5.16. The number of halogens is 1. The Balaban J connectivity index is 0.00000338. The van der Waals surface area contributed by atoms with E-state index in [9.17, 15) is 4.79 Å². The Morgan fingerprint density at radius 2 is 2.08 bits per heavy atom. The number of guanidine groups is 1. The lowest BCUT2D eigenvalue weighted by Crippen LogP contribution is -2.49. The monoisotopic (exact) mass is 479 g/mol. The summed E-state index contributed by atoms with van der Waals surface area (Å²) in [7, 11) is 3.49. The number of hydrogen-bond donors (Lipinski definition) is 2. The fourth-order valence-corrected chi connectivity index (χ4v) is 3.16. The topological polar surface area (TPSA) is 69.2 Å². The van der Waals surface area contributed by atoms with Gasteiger partial charge in [-0.3, -0.25) is 4.79 Å². The number of likely N-dealkylation sites (tertiary alicyclic amines) is 1. The summed E-state index contributed by atoms with van der Waals surface area (Å²) in [4.78, 5) is 20.2. The summed E-state index contributed by atoms with van der Waals surface area (Å²) in [6.45, 7) is 9.69. The molecule has 26 heavy (non-hydrogen) atoms. The van der Waals surface area contributed by atoms with E-state index in [0.717, 1.165) is 45.7 Å². The van der Waals surface area contributed by atoms with Crippen molar-refractivity contribution in [3.8, 4) is 0 Å². The Kier molecular flexibility index (Phi) is 11.1. The molecule has 0 aliphatic carbocycles. The lowest BCUT2D eigenvalue weighted by molar-refractivity contribution is -0.127. The first-order chi connectivity index (χ1) is 12.1. The molecule has 0 saturated carbocycles. The van der Waals surface area contributed by atoms with Crippen molar-refractivity contribution >= 4 is 35.8 Å². The van der Waals surface area contributed by atoms with Crippen LogP contribution in [0, 0.1) is 5.92 Å². The molecular weight excluding hydrogens is 445 g/mol. The molecule has 2 saturated heterocycles. The highest BCUT2D eigenvalue weighted by Gasteiger charge is 2.24. The lowest BCUT2D eigenvalue weighted by atomic mass is 10.0. The molecule has 2 fully saturated rings. The first kappa shape index (κ1) is 23.2. The lowest BCUT2D eigenvalue weighted by Gasteiger charge is -2.34. The maximum atomic E-state index is 11.7. The second-order valence-electron chi connectivity index (χ2n) is 7.07. The molecule has 2 aliphatic heterocycles. The molecule has 150 valence electrons. The quantitative estimate of drug-likeness (QED) is 0.246. The van der Waals surface area contributed by atoms with Crippen molar-refractivity contribution in [3.05, 3.63) is 12.7 Å². The summed E-state index contributed by atoms with van der Waals surface area (Å²) in [5.74, 6) is 1.39. The predicted molar refractivity (Wildman–Crippen MR) is 116 cm³/mol. The molecule has 0 spiro atoms. The first-order valence-electron chi connectivity index (χ1n) is 9.24. The van der Waals surface area contributed by atoms with Gasteiger partial charge in [0.1, 0.15) is 6.54 Å². The number of rotatable bonds is 7. The van der Waals surface area contributed by atoms with Gasteiger partial charge in [-0.1, -0.05) is 6.08 Å². The van der Waals surface area contributed by atoms with E-state index in [1.807, 2.05) is 0 Å². The van der Waals surface area contributed by atoms with Crippen LogP contribution in [0.2, 0.25) is 0 Å². The molecule has 0 aromatic carbocycles. The van der Waals surface area contributed by atoms with Gasteiger partial charge >= 0.3 is 0 Å². The molecule has 7 nitrogen and oxygen atoms in total. The van der Waals surface area contributed by atoms with Gasteiger partial charge in [0.05, 0.1) is 6.61 Å². The number of likely N-dealkylation sites (N-methyl/N-ethyl adjacent to an activating group) is 1. The number of nitrogens with one attached hydrogen (secondary N) is 2. The number of nitrogens with zero attached hydrogens (tertiary/aromatic N) is 3. The normalized spacial score (nSPS) is 21.8. The van der Waals surface area contributed by atoms with Crippen LogP contribution in [0.1, 0.15) is 19.3 Å². The van der Waals surface area contributed by atoms with Crippen LogP contribution in [0.5, 0.6) is 0 Å². The molecule has 0 radical (unpaired) electrons. The van der Waals surface area contributed by atoms with Crippen LogP contribution in [0.4, 0.5) is 0 Å². The molecular formula is C18H34IN5O2. The number of carbonyl (C=O) groups is 1. The minimum atomic E-state index is -0.00620. The third-order valence-electron chi connectivity index (χ3n) is 4.75. The molecule has 0 aromatic rings. The van der Waals surface area contributed by atoms with Crippen molar-refractivity contribution in [3.63, 3.8) is 0 Å². The number of hydrogen-bond acceptors (Lipinski definition) is 4. The number of aliphatic imine (C=N–C) groups is 1.